The summed E-state index contributed by atoms with van der Waals surface area (Å²) in [5.74, 6) is -0.189. The quantitative estimate of drug-likeness (QED) is 0.808. The lowest BCUT2D eigenvalue weighted by Crippen LogP contribution is -2.40. The number of thiazole rings is 1. The molecule has 0 saturated carbocycles. The van der Waals surface area contributed by atoms with Crippen LogP contribution in [0.2, 0.25) is 0 Å². The van der Waals surface area contributed by atoms with Gasteiger partial charge in [0.1, 0.15) is 5.69 Å². The number of rotatable bonds is 2. The first-order chi connectivity index (χ1) is 8.46. The average Bonchev–Trinajstić information content (AvgIpc) is 2.95. The molecule has 1 atom stereocenters. The average molecular weight is 268 g/mol. The number of nitrogens with two attached hydrogens (primary N) is 1. The monoisotopic (exact) mass is 268 g/mol. The van der Waals surface area contributed by atoms with Gasteiger partial charge in [-0.2, -0.15) is 0 Å². The molecule has 0 spiro atoms. The van der Waals surface area contributed by atoms with Crippen molar-refractivity contribution in [1.82, 2.24) is 15.2 Å². The van der Waals surface area contributed by atoms with Gasteiger partial charge in [-0.25, -0.2) is 4.98 Å². The number of nitrogen functional groups attached to an aromatic ring is 1. The van der Waals surface area contributed by atoms with Crippen molar-refractivity contribution >= 4 is 28.3 Å². The zero-order chi connectivity index (χ0) is 13.3. The lowest BCUT2D eigenvalue weighted by Gasteiger charge is -2.22. The summed E-state index contributed by atoms with van der Waals surface area (Å²) in [5, 5.41) is 4.67. The molecule has 1 saturated heterocycles. The normalized spacial score (nSPS) is 23.1. The summed E-state index contributed by atoms with van der Waals surface area (Å²) in [6, 6.07) is 0. The van der Waals surface area contributed by atoms with Gasteiger partial charge in [-0.15, -0.1) is 11.3 Å². The van der Waals surface area contributed by atoms with Crippen LogP contribution in [0.1, 0.15) is 23.8 Å². The maximum absolute atomic E-state index is 12.1. The zero-order valence-electron chi connectivity index (χ0n) is 10.4. The molecular weight excluding hydrogens is 252 g/mol. The van der Waals surface area contributed by atoms with E-state index in [1.54, 1.807) is 17.3 Å². The first-order valence-electron chi connectivity index (χ1n) is 5.69. The highest BCUT2D eigenvalue weighted by atomic mass is 32.1. The first kappa shape index (κ1) is 12.8. The van der Waals surface area contributed by atoms with Gasteiger partial charge >= 0.3 is 0 Å². The molecule has 1 fully saturated rings. The number of hydrogen-bond donors (Lipinski definition) is 2. The Morgan fingerprint density at radius 3 is 2.89 bits per heavy atom. The van der Waals surface area contributed by atoms with E-state index in [-0.39, 0.29) is 11.8 Å². The third-order valence-corrected chi connectivity index (χ3v) is 3.95. The van der Waals surface area contributed by atoms with Crippen LogP contribution in [0, 0.1) is 5.41 Å². The van der Waals surface area contributed by atoms with Crippen LogP contribution in [0.25, 0.3) is 0 Å². The van der Waals surface area contributed by atoms with Crippen LogP contribution in [0.4, 0.5) is 5.13 Å². The maximum Gasteiger partial charge on any atom is 0.273 e. The summed E-state index contributed by atoms with van der Waals surface area (Å²) in [4.78, 5) is 29.5. The molecule has 2 rings (SSSR count). The zero-order valence-corrected chi connectivity index (χ0v) is 11.2. The van der Waals surface area contributed by atoms with Crippen molar-refractivity contribution in [1.29, 1.82) is 0 Å². The fraction of sp³-hybridized carbons (Fsp3) is 0.545. The SMILES string of the molecule is CNC(=O)C1(C)CCN(C(=O)c2csc(N)n2)C1. The third kappa shape index (κ3) is 2.17. The predicted molar refractivity (Wildman–Crippen MR) is 69.2 cm³/mol. The van der Waals surface area contributed by atoms with Crippen molar-refractivity contribution in [3.8, 4) is 0 Å². The topological polar surface area (TPSA) is 88.3 Å². The molecule has 2 heterocycles. The van der Waals surface area contributed by atoms with E-state index in [1.165, 1.54) is 11.3 Å². The van der Waals surface area contributed by atoms with E-state index in [0.29, 0.717) is 30.3 Å². The largest absolute Gasteiger partial charge is 0.375 e. The molecule has 0 aliphatic carbocycles. The number of carbonyl (C=O) groups is 2. The molecule has 0 bridgehead atoms. The second-order valence-electron chi connectivity index (χ2n) is 4.69. The molecule has 2 amide bonds. The minimum absolute atomic E-state index is 0.0319. The summed E-state index contributed by atoms with van der Waals surface area (Å²) in [6.07, 6.45) is 0.665. The van der Waals surface area contributed by atoms with Crippen LogP contribution in [0.5, 0.6) is 0 Å². The highest BCUT2D eigenvalue weighted by Crippen LogP contribution is 2.31. The number of likely N-dealkylation sites (tertiary alicyclic amines) is 1. The summed E-state index contributed by atoms with van der Waals surface area (Å²) < 4.78 is 0. The lowest BCUT2D eigenvalue weighted by molar-refractivity contribution is -0.128. The molecule has 1 aromatic heterocycles. The van der Waals surface area contributed by atoms with Crippen molar-refractivity contribution < 1.29 is 9.59 Å². The number of hydrogen-bond acceptors (Lipinski definition) is 5. The Morgan fingerprint density at radius 1 is 1.61 bits per heavy atom. The molecular formula is C11H16N4O2S. The van der Waals surface area contributed by atoms with E-state index < -0.39 is 5.41 Å². The smallest absolute Gasteiger partial charge is 0.273 e. The van der Waals surface area contributed by atoms with E-state index >= 15 is 0 Å². The Balaban J connectivity index is 2.09. The molecule has 6 nitrogen and oxygen atoms in total. The number of aromatic nitrogens is 1. The van der Waals surface area contributed by atoms with Crippen molar-refractivity contribution in [2.24, 2.45) is 5.41 Å². The Kier molecular flexibility index (Phi) is 3.25. The Bertz CT molecular complexity index is 487. The van der Waals surface area contributed by atoms with Crippen molar-refractivity contribution in [3.63, 3.8) is 0 Å². The van der Waals surface area contributed by atoms with Gasteiger partial charge in [-0.3, -0.25) is 9.59 Å². The Labute approximate surface area is 109 Å². The van der Waals surface area contributed by atoms with Gasteiger partial charge in [0, 0.05) is 25.5 Å². The predicted octanol–water partition coefficient (Wildman–Crippen LogP) is 0.323. The number of anilines is 1. The van der Waals surface area contributed by atoms with Gasteiger partial charge in [0.05, 0.1) is 5.41 Å². The fourth-order valence-electron chi connectivity index (χ4n) is 2.17. The van der Waals surface area contributed by atoms with Gasteiger partial charge < -0.3 is 16.0 Å². The summed E-state index contributed by atoms with van der Waals surface area (Å²) >= 11 is 1.24. The Hall–Kier alpha value is -1.63. The minimum atomic E-state index is -0.508. The van der Waals surface area contributed by atoms with Gasteiger partial charge in [-0.1, -0.05) is 0 Å². The highest BCUT2D eigenvalue weighted by molar-refractivity contribution is 7.13. The van der Waals surface area contributed by atoms with Crippen LogP contribution in [-0.4, -0.2) is 41.8 Å². The van der Waals surface area contributed by atoms with Gasteiger partial charge in [0.25, 0.3) is 5.91 Å². The maximum atomic E-state index is 12.1. The lowest BCUT2D eigenvalue weighted by atomic mass is 9.89. The number of nitrogens with zero attached hydrogens (tertiary/aromatic N) is 2. The van der Waals surface area contributed by atoms with Gasteiger partial charge in [0.15, 0.2) is 5.13 Å². The van der Waals surface area contributed by atoms with Crippen LogP contribution in [0.15, 0.2) is 5.38 Å². The molecule has 18 heavy (non-hydrogen) atoms. The van der Waals surface area contributed by atoms with Crippen LogP contribution in [0.3, 0.4) is 0 Å². The number of carbonyl (C=O) groups excluding carboxylic acids is 2. The molecule has 0 radical (unpaired) electrons. The van der Waals surface area contributed by atoms with E-state index in [1.807, 2.05) is 6.92 Å². The molecule has 7 heteroatoms. The molecule has 1 aromatic rings. The van der Waals surface area contributed by atoms with Gasteiger partial charge in [-0.05, 0) is 13.3 Å². The van der Waals surface area contributed by atoms with Crippen LogP contribution < -0.4 is 11.1 Å². The second-order valence-corrected chi connectivity index (χ2v) is 5.58. The van der Waals surface area contributed by atoms with Crippen LogP contribution in [-0.2, 0) is 4.79 Å². The molecule has 3 N–H and O–H groups in total. The summed E-state index contributed by atoms with van der Waals surface area (Å²) in [6.45, 7) is 2.86. The standard InChI is InChI=1S/C11H16N4O2S/c1-11(9(17)13-2)3-4-15(6-11)8(16)7-5-18-10(12)14-7/h5H,3-4,6H2,1-2H3,(H2,12,14)(H,13,17). The summed E-state index contributed by atoms with van der Waals surface area (Å²) in [5.41, 5.74) is 5.36. The van der Waals surface area contributed by atoms with E-state index in [2.05, 4.69) is 10.3 Å². The van der Waals surface area contributed by atoms with E-state index in [4.69, 9.17) is 5.73 Å². The van der Waals surface area contributed by atoms with Crippen molar-refractivity contribution in [3.05, 3.63) is 11.1 Å². The number of nitrogens with one attached hydrogen (secondary N) is 1. The number of amides is 2. The third-order valence-electron chi connectivity index (χ3n) is 3.28. The van der Waals surface area contributed by atoms with Crippen molar-refractivity contribution in [2.45, 2.75) is 13.3 Å². The minimum Gasteiger partial charge on any atom is -0.375 e. The first-order valence-corrected chi connectivity index (χ1v) is 6.57. The Morgan fingerprint density at radius 2 is 2.33 bits per heavy atom. The van der Waals surface area contributed by atoms with E-state index in [9.17, 15) is 9.59 Å². The highest BCUT2D eigenvalue weighted by Gasteiger charge is 2.41. The summed E-state index contributed by atoms with van der Waals surface area (Å²) in [7, 11) is 1.61. The second kappa shape index (κ2) is 4.56. The molecule has 1 aliphatic rings. The fourth-order valence-corrected chi connectivity index (χ4v) is 2.71. The van der Waals surface area contributed by atoms with E-state index in [0.717, 1.165) is 0 Å². The van der Waals surface area contributed by atoms with Gasteiger partial charge in [0.2, 0.25) is 5.91 Å². The van der Waals surface area contributed by atoms with Crippen molar-refractivity contribution in [2.75, 3.05) is 25.9 Å². The molecule has 1 unspecified atom stereocenters. The van der Waals surface area contributed by atoms with Crippen LogP contribution >= 0.6 is 11.3 Å². The molecule has 0 aromatic carbocycles. The molecule has 98 valence electrons. The molecule has 1 aliphatic heterocycles.